The van der Waals surface area contributed by atoms with Crippen molar-refractivity contribution in [1.29, 1.82) is 0 Å². The molecule has 2 unspecified atom stereocenters. The van der Waals surface area contributed by atoms with Crippen molar-refractivity contribution in [2.45, 2.75) is 57.0 Å². The summed E-state index contributed by atoms with van der Waals surface area (Å²) in [5.74, 6) is 3.61. The molecule has 0 aromatic carbocycles. The van der Waals surface area contributed by atoms with Crippen LogP contribution in [0.25, 0.3) is 0 Å². The van der Waals surface area contributed by atoms with E-state index in [4.69, 9.17) is 0 Å². The number of nitrogens with one attached hydrogen (secondary N) is 1. The molecule has 0 aromatic rings. The van der Waals surface area contributed by atoms with E-state index in [1.165, 1.54) is 50.0 Å². The topological polar surface area (TPSA) is 32.3 Å². The molecule has 4 heteroatoms. The first-order chi connectivity index (χ1) is 9.34. The highest BCUT2D eigenvalue weighted by Crippen LogP contribution is 2.29. The average molecular weight is 282 g/mol. The Balaban J connectivity index is 1.55. The highest BCUT2D eigenvalue weighted by Gasteiger charge is 2.36. The second-order valence-corrected chi connectivity index (χ2v) is 7.48. The molecule has 3 heterocycles. The molecule has 3 aliphatic heterocycles. The van der Waals surface area contributed by atoms with Crippen molar-refractivity contribution >= 4 is 17.7 Å². The Labute approximate surface area is 120 Å². The summed E-state index contributed by atoms with van der Waals surface area (Å²) in [6, 6.07) is 1.07. The number of carbonyl (C=O) groups excluding carboxylic acids is 1. The summed E-state index contributed by atoms with van der Waals surface area (Å²) in [5.41, 5.74) is 0. The van der Waals surface area contributed by atoms with Crippen LogP contribution in [0.5, 0.6) is 0 Å². The maximum atomic E-state index is 12.6. The lowest BCUT2D eigenvalue weighted by Gasteiger charge is -2.31. The third kappa shape index (κ3) is 3.27. The van der Waals surface area contributed by atoms with Crippen LogP contribution < -0.4 is 5.32 Å². The van der Waals surface area contributed by atoms with Crippen LogP contribution in [0.3, 0.4) is 0 Å². The van der Waals surface area contributed by atoms with Crippen molar-refractivity contribution in [2.24, 2.45) is 5.92 Å². The van der Waals surface area contributed by atoms with Crippen molar-refractivity contribution in [2.75, 3.05) is 24.6 Å². The zero-order valence-electron chi connectivity index (χ0n) is 11.8. The number of thioether (sulfide) groups is 1. The van der Waals surface area contributed by atoms with Gasteiger partial charge in [-0.1, -0.05) is 0 Å². The number of hydrogen-bond acceptors (Lipinski definition) is 3. The molecule has 3 rings (SSSR count). The Morgan fingerprint density at radius 1 is 1.16 bits per heavy atom. The van der Waals surface area contributed by atoms with Gasteiger partial charge in [0.15, 0.2) is 0 Å². The number of rotatable bonds is 3. The van der Waals surface area contributed by atoms with E-state index in [0.717, 1.165) is 19.5 Å². The van der Waals surface area contributed by atoms with Gasteiger partial charge in [0.1, 0.15) is 0 Å². The van der Waals surface area contributed by atoms with Crippen molar-refractivity contribution in [1.82, 2.24) is 10.2 Å². The van der Waals surface area contributed by atoms with Crippen LogP contribution in [-0.2, 0) is 4.79 Å². The lowest BCUT2D eigenvalue weighted by atomic mass is 9.97. The molecule has 3 saturated heterocycles. The number of amides is 1. The molecule has 0 aromatic heterocycles. The van der Waals surface area contributed by atoms with Crippen LogP contribution in [0, 0.1) is 5.92 Å². The lowest BCUT2D eigenvalue weighted by molar-refractivity contribution is -0.133. The van der Waals surface area contributed by atoms with Gasteiger partial charge >= 0.3 is 0 Å². The van der Waals surface area contributed by atoms with E-state index in [0.29, 0.717) is 23.9 Å². The molecule has 1 amide bonds. The summed E-state index contributed by atoms with van der Waals surface area (Å²) in [6.45, 7) is 2.15. The van der Waals surface area contributed by atoms with Crippen molar-refractivity contribution < 1.29 is 4.79 Å². The minimum Gasteiger partial charge on any atom is -0.338 e. The van der Waals surface area contributed by atoms with Gasteiger partial charge in [0.05, 0.1) is 0 Å². The van der Waals surface area contributed by atoms with Crippen LogP contribution in [-0.4, -0.2) is 47.5 Å². The van der Waals surface area contributed by atoms with E-state index in [1.54, 1.807) is 0 Å². The fourth-order valence-electron chi connectivity index (χ4n) is 3.88. The van der Waals surface area contributed by atoms with Gasteiger partial charge in [-0.2, -0.15) is 11.8 Å². The summed E-state index contributed by atoms with van der Waals surface area (Å²) in [5, 5.41) is 3.59. The van der Waals surface area contributed by atoms with E-state index in [1.807, 2.05) is 11.8 Å². The third-order valence-electron chi connectivity index (χ3n) is 4.99. The molecule has 0 spiro atoms. The van der Waals surface area contributed by atoms with Crippen LogP contribution in [0.15, 0.2) is 0 Å². The summed E-state index contributed by atoms with van der Waals surface area (Å²) in [6.07, 6.45) is 8.26. The Morgan fingerprint density at radius 2 is 2.00 bits per heavy atom. The fourth-order valence-corrected chi connectivity index (χ4v) is 5.08. The largest absolute Gasteiger partial charge is 0.338 e. The zero-order valence-corrected chi connectivity index (χ0v) is 12.6. The molecule has 0 saturated carbocycles. The van der Waals surface area contributed by atoms with E-state index in [-0.39, 0.29) is 0 Å². The first kappa shape index (κ1) is 13.7. The Morgan fingerprint density at radius 3 is 2.74 bits per heavy atom. The normalized spacial score (nSPS) is 32.9. The van der Waals surface area contributed by atoms with E-state index in [9.17, 15) is 4.79 Å². The summed E-state index contributed by atoms with van der Waals surface area (Å²) >= 11 is 2.04. The van der Waals surface area contributed by atoms with Gasteiger partial charge in [0.2, 0.25) is 5.91 Å². The Kier molecular flexibility index (Phi) is 4.69. The Hall–Kier alpha value is -0.220. The summed E-state index contributed by atoms with van der Waals surface area (Å²) < 4.78 is 0. The lowest BCUT2D eigenvalue weighted by Crippen LogP contribution is -2.47. The molecule has 0 aliphatic carbocycles. The molecule has 0 radical (unpaired) electrons. The third-order valence-corrected chi connectivity index (χ3v) is 6.04. The van der Waals surface area contributed by atoms with Crippen LogP contribution in [0.4, 0.5) is 0 Å². The molecule has 19 heavy (non-hydrogen) atoms. The van der Waals surface area contributed by atoms with Gasteiger partial charge in [-0.25, -0.2) is 0 Å². The monoisotopic (exact) mass is 282 g/mol. The predicted octanol–water partition coefficient (Wildman–Crippen LogP) is 2.26. The summed E-state index contributed by atoms with van der Waals surface area (Å²) in [4.78, 5) is 14.8. The zero-order chi connectivity index (χ0) is 13.1. The highest BCUT2D eigenvalue weighted by atomic mass is 32.2. The van der Waals surface area contributed by atoms with E-state index < -0.39 is 0 Å². The number of carbonyl (C=O) groups is 1. The number of nitrogens with zero attached hydrogens (tertiary/aromatic N) is 1. The van der Waals surface area contributed by atoms with Gasteiger partial charge in [-0.05, 0) is 62.5 Å². The van der Waals surface area contributed by atoms with Crippen molar-refractivity contribution in [3.63, 3.8) is 0 Å². The first-order valence-corrected chi connectivity index (χ1v) is 9.10. The fraction of sp³-hybridized carbons (Fsp3) is 0.933. The number of likely N-dealkylation sites (tertiary alicyclic amines) is 1. The number of hydrogen-bond donors (Lipinski definition) is 1. The SMILES string of the molecule is O=C(CC1CCSCC1)N1CCCC1C1CCCN1. The molecule has 3 aliphatic rings. The summed E-state index contributed by atoms with van der Waals surface area (Å²) in [7, 11) is 0. The van der Waals surface area contributed by atoms with E-state index in [2.05, 4.69) is 10.2 Å². The first-order valence-electron chi connectivity index (χ1n) is 7.95. The van der Waals surface area contributed by atoms with Crippen LogP contribution in [0.1, 0.15) is 44.9 Å². The minimum atomic E-state index is 0.438. The molecule has 108 valence electrons. The molecule has 1 N–H and O–H groups in total. The van der Waals surface area contributed by atoms with Crippen LogP contribution >= 0.6 is 11.8 Å². The van der Waals surface area contributed by atoms with Gasteiger partial charge in [-0.3, -0.25) is 4.79 Å². The van der Waals surface area contributed by atoms with E-state index >= 15 is 0 Å². The predicted molar refractivity (Wildman–Crippen MR) is 80.4 cm³/mol. The van der Waals surface area contributed by atoms with Gasteiger partial charge in [0.25, 0.3) is 0 Å². The Bertz CT molecular complexity index is 311. The highest BCUT2D eigenvalue weighted by molar-refractivity contribution is 7.99. The maximum absolute atomic E-state index is 12.6. The molecular formula is C15H26N2OS. The van der Waals surface area contributed by atoms with Gasteiger partial charge < -0.3 is 10.2 Å². The molecule has 3 nitrogen and oxygen atoms in total. The van der Waals surface area contributed by atoms with Gasteiger partial charge in [-0.15, -0.1) is 0 Å². The standard InChI is InChI=1S/C15H26N2OS/c18-15(11-12-5-9-19-10-6-12)17-8-2-4-14(17)13-3-1-7-16-13/h12-14,16H,1-11H2. The minimum absolute atomic E-state index is 0.438. The quantitative estimate of drug-likeness (QED) is 0.862. The molecule has 3 fully saturated rings. The molecule has 2 atom stereocenters. The maximum Gasteiger partial charge on any atom is 0.223 e. The molecular weight excluding hydrogens is 256 g/mol. The smallest absolute Gasteiger partial charge is 0.223 e. The molecule has 0 bridgehead atoms. The van der Waals surface area contributed by atoms with Crippen LogP contribution in [0.2, 0.25) is 0 Å². The van der Waals surface area contributed by atoms with Gasteiger partial charge in [0, 0.05) is 25.0 Å². The van der Waals surface area contributed by atoms with Crippen molar-refractivity contribution in [3.8, 4) is 0 Å². The second kappa shape index (κ2) is 6.49. The second-order valence-electron chi connectivity index (χ2n) is 6.26. The average Bonchev–Trinajstić information content (AvgIpc) is 3.10. The van der Waals surface area contributed by atoms with Crippen molar-refractivity contribution in [3.05, 3.63) is 0 Å².